The average Bonchev–Trinajstić information content (AvgIpc) is 2.86. The van der Waals surface area contributed by atoms with Gasteiger partial charge in [0.15, 0.2) is 33.3 Å². The van der Waals surface area contributed by atoms with Gasteiger partial charge in [-0.15, -0.1) is 46.1 Å². The first kappa shape index (κ1) is 57.5. The summed E-state index contributed by atoms with van der Waals surface area (Å²) in [6.45, 7) is 58.7. The molecule has 0 saturated carbocycles. The second kappa shape index (κ2) is 27.4. The van der Waals surface area contributed by atoms with E-state index in [1.807, 2.05) is 24.3 Å². The zero-order valence-corrected chi connectivity index (χ0v) is 43.9. The van der Waals surface area contributed by atoms with Crippen molar-refractivity contribution in [3.05, 3.63) is 88.6 Å². The van der Waals surface area contributed by atoms with Gasteiger partial charge in [0.1, 0.15) is 0 Å². The maximum atomic E-state index is 6.64. The Morgan fingerprint density at radius 1 is 0.412 bits per heavy atom. The van der Waals surface area contributed by atoms with E-state index in [0.717, 1.165) is 48.4 Å². The lowest BCUT2D eigenvalue weighted by Gasteiger charge is -2.39. The zero-order valence-electron chi connectivity index (χ0n) is 35.8. The summed E-state index contributed by atoms with van der Waals surface area (Å²) in [7, 11) is -12.1. The van der Waals surface area contributed by atoms with E-state index < -0.39 is 67.3 Å². The van der Waals surface area contributed by atoms with E-state index in [-0.39, 0.29) is 7.43 Å². The molecule has 0 rings (SSSR count). The van der Waals surface area contributed by atoms with E-state index >= 15 is 0 Å². The summed E-state index contributed by atoms with van der Waals surface area (Å²) in [5.41, 5.74) is 0. The van der Waals surface area contributed by atoms with Gasteiger partial charge in [0.05, 0.1) is 16.1 Å². The van der Waals surface area contributed by atoms with Crippen LogP contribution in [0.1, 0.15) is 13.8 Å². The van der Waals surface area contributed by atoms with Crippen LogP contribution in [-0.2, 0) is 16.5 Å². The highest BCUT2D eigenvalue weighted by Gasteiger charge is 2.41. The second-order valence-electron chi connectivity index (χ2n) is 17.9. The Morgan fingerprint density at radius 3 is 0.882 bits per heavy atom. The van der Waals surface area contributed by atoms with Crippen molar-refractivity contribution in [2.75, 3.05) is 0 Å². The van der Waals surface area contributed by atoms with Crippen LogP contribution in [0.25, 0.3) is 0 Å². The number of hydrogen-bond acceptors (Lipinski definition) is 4. The van der Waals surface area contributed by atoms with Gasteiger partial charge in [0.2, 0.25) is 0 Å². The molecular weight excluding hydrogens is 757 g/mol. The minimum absolute atomic E-state index is 0. The highest BCUT2D eigenvalue weighted by Crippen LogP contribution is 2.33. The molecule has 51 heavy (non-hydrogen) atoms. The Bertz CT molecular complexity index is 901. The van der Waals surface area contributed by atoms with E-state index in [1.165, 1.54) is 12.5 Å². The number of allylic oxidation sites excluding steroid dienone is 7. The molecule has 0 atom stereocenters. The molecule has 0 aromatic carbocycles. The molecule has 0 aromatic heterocycles. The number of hydrogen-bond donors (Lipinski definition) is 0. The third kappa shape index (κ3) is 34.0. The van der Waals surface area contributed by atoms with Crippen molar-refractivity contribution in [2.24, 2.45) is 0 Å². The molecular formula is C39H88O4Si8. The minimum Gasteiger partial charge on any atom is -0.439 e. The van der Waals surface area contributed by atoms with Gasteiger partial charge in [-0.25, -0.2) is 0 Å². The molecule has 0 amide bonds. The zero-order chi connectivity index (χ0) is 39.9. The fourth-order valence-corrected chi connectivity index (χ4v) is 35.2. The topological polar surface area (TPSA) is 36.9 Å². The third-order valence-electron chi connectivity index (χ3n) is 7.46. The normalized spacial score (nSPS) is 12.6. The summed E-state index contributed by atoms with van der Waals surface area (Å²) in [5, 5.41) is 0. The van der Waals surface area contributed by atoms with Crippen molar-refractivity contribution >= 4 is 67.3 Å². The van der Waals surface area contributed by atoms with E-state index in [9.17, 15) is 0 Å². The summed E-state index contributed by atoms with van der Waals surface area (Å²) in [6, 6.07) is 10.4. The summed E-state index contributed by atoms with van der Waals surface area (Å²) in [5.74, 6) is 0. The summed E-state index contributed by atoms with van der Waals surface area (Å²) in [6.07, 6.45) is 15.6. The molecule has 0 heterocycles. The van der Waals surface area contributed by atoms with Crippen LogP contribution in [0.3, 0.4) is 0 Å². The Balaban J connectivity index is -0.000000357. The van der Waals surface area contributed by atoms with Crippen molar-refractivity contribution in [2.45, 2.75) is 160 Å². The molecule has 4 nitrogen and oxygen atoms in total. The van der Waals surface area contributed by atoms with Gasteiger partial charge in [-0.2, -0.15) is 0 Å². The molecule has 0 bridgehead atoms. The van der Waals surface area contributed by atoms with Gasteiger partial charge in [-0.1, -0.05) is 62.4 Å². The van der Waals surface area contributed by atoms with Crippen molar-refractivity contribution < 1.29 is 16.5 Å². The third-order valence-corrected chi connectivity index (χ3v) is 34.9. The molecule has 12 heteroatoms. The highest BCUT2D eigenvalue weighted by atomic mass is 28.5. The van der Waals surface area contributed by atoms with Gasteiger partial charge < -0.3 is 16.5 Å². The van der Waals surface area contributed by atoms with Crippen LogP contribution >= 0.6 is 0 Å². The fraction of sp³-hybridized carbons (Fsp3) is 0.641. The van der Waals surface area contributed by atoms with Crippen LogP contribution < -0.4 is 0 Å². The Hall–Kier alpha value is -0.245. The van der Waals surface area contributed by atoms with Crippen LogP contribution in [0.5, 0.6) is 0 Å². The maximum Gasteiger partial charge on any atom is 0.314 e. The van der Waals surface area contributed by atoms with Gasteiger partial charge in [-0.3, -0.25) is 0 Å². The molecule has 0 radical (unpaired) electrons. The quantitative estimate of drug-likeness (QED) is 0.0642. The lowest BCUT2D eigenvalue weighted by molar-refractivity contribution is 0.382. The number of rotatable bonds is 26. The fourth-order valence-electron chi connectivity index (χ4n) is 6.42. The lowest BCUT2D eigenvalue weighted by atomic mass is 10.6. The van der Waals surface area contributed by atoms with E-state index in [2.05, 4.69) is 156 Å². The van der Waals surface area contributed by atoms with Gasteiger partial charge in [-0.05, 0) is 140 Å². The average molecular weight is 846 g/mol. The van der Waals surface area contributed by atoms with Crippen molar-refractivity contribution in [3.8, 4) is 0 Å². The van der Waals surface area contributed by atoms with E-state index in [1.54, 1.807) is 0 Å². The summed E-state index contributed by atoms with van der Waals surface area (Å²) >= 11 is 0. The molecule has 0 aliphatic rings. The van der Waals surface area contributed by atoms with Crippen LogP contribution in [0.15, 0.2) is 88.6 Å². The molecule has 0 aliphatic heterocycles. The predicted octanol–water partition coefficient (Wildman–Crippen LogP) is 14.5. The molecule has 0 spiro atoms. The van der Waals surface area contributed by atoms with E-state index in [0.29, 0.717) is 0 Å². The monoisotopic (exact) mass is 844 g/mol. The first-order chi connectivity index (χ1) is 22.6. The maximum absolute atomic E-state index is 6.64. The van der Waals surface area contributed by atoms with Crippen molar-refractivity contribution in [1.82, 2.24) is 0 Å². The van der Waals surface area contributed by atoms with Crippen molar-refractivity contribution in [3.63, 3.8) is 0 Å². The first-order valence-electron chi connectivity index (χ1n) is 18.7. The van der Waals surface area contributed by atoms with Gasteiger partial charge in [0.25, 0.3) is 9.28 Å². The highest BCUT2D eigenvalue weighted by molar-refractivity contribution is 6.88. The summed E-state index contributed by atoms with van der Waals surface area (Å²) in [4.78, 5) is 0. The summed E-state index contributed by atoms with van der Waals surface area (Å²) < 4.78 is 25.1. The van der Waals surface area contributed by atoms with Gasteiger partial charge >= 0.3 is 8.56 Å². The molecule has 0 unspecified atom stereocenters. The van der Waals surface area contributed by atoms with Crippen LogP contribution in [0.2, 0.25) is 146 Å². The second-order valence-corrected chi connectivity index (χ2v) is 51.6. The minimum atomic E-state index is -2.12. The van der Waals surface area contributed by atoms with Crippen LogP contribution in [0.4, 0.5) is 0 Å². The van der Waals surface area contributed by atoms with Crippen LogP contribution in [0, 0.1) is 0 Å². The van der Waals surface area contributed by atoms with Crippen LogP contribution in [-0.4, -0.2) is 67.3 Å². The Labute approximate surface area is 330 Å². The molecule has 0 aromatic rings. The molecule has 0 aliphatic carbocycles. The van der Waals surface area contributed by atoms with Crippen molar-refractivity contribution in [1.29, 1.82) is 0 Å². The molecule has 0 N–H and O–H groups in total. The Morgan fingerprint density at radius 2 is 0.667 bits per heavy atom. The molecule has 300 valence electrons. The van der Waals surface area contributed by atoms with E-state index in [4.69, 9.17) is 16.5 Å². The standard InChI is InChI=1S/C19H42O2Si4.C12H20Si.C7H22O2Si3.CH4/c1-11-15-25(16-12-2,17-13-3)19-14-18-24(10,20-22(4,5)6)21-23(7,8)9;1-5-9-13(10-6-2,11-7-3)12-8-4;1-10(8-11(2,3)4)9-12(5,6)7;/h11-13H,1-3,14-19H2,4-10H3;5-8H,1-4,9-12H2;10H,1-7H3;1H4. The molecule has 0 fully saturated rings. The smallest absolute Gasteiger partial charge is 0.314 e. The SMILES string of the molecule is C.C=CC[Si](CC=C)(CC=C)CC=C.C=CC[Si](CC=C)(CC=C)CCC[Si](C)(O[Si](C)(C)C)O[Si](C)(C)C.C[SiH](O[Si](C)(C)C)O[Si](C)(C)C. The Kier molecular flexibility index (Phi) is 30.8. The first-order valence-corrected chi connectivity index (χ1v) is 42.6. The van der Waals surface area contributed by atoms with Gasteiger partial charge in [0, 0.05) is 0 Å². The predicted molar refractivity (Wildman–Crippen MR) is 260 cm³/mol. The largest absolute Gasteiger partial charge is 0.439 e. The lowest BCUT2D eigenvalue weighted by Crippen LogP contribution is -2.52. The molecule has 0 saturated heterocycles.